The highest BCUT2D eigenvalue weighted by atomic mass is 32.1. The Hall–Kier alpha value is -4.35. The van der Waals surface area contributed by atoms with E-state index in [1.165, 1.54) is 15.7 Å². The first-order chi connectivity index (χ1) is 18.0. The molecule has 0 saturated carbocycles. The van der Waals surface area contributed by atoms with Crippen LogP contribution >= 0.6 is 11.3 Å². The second-order valence-electron chi connectivity index (χ2n) is 8.88. The van der Waals surface area contributed by atoms with Crippen molar-refractivity contribution in [1.82, 2.24) is 28.7 Å². The molecule has 1 fully saturated rings. The van der Waals surface area contributed by atoms with Gasteiger partial charge in [0.1, 0.15) is 0 Å². The topological polar surface area (TPSA) is 113 Å². The van der Waals surface area contributed by atoms with E-state index >= 15 is 0 Å². The average molecular weight is 515 g/mol. The van der Waals surface area contributed by atoms with E-state index in [2.05, 4.69) is 14.9 Å². The van der Waals surface area contributed by atoms with Crippen molar-refractivity contribution in [2.24, 2.45) is 0 Å². The quantitative estimate of drug-likeness (QED) is 0.391. The van der Waals surface area contributed by atoms with Crippen molar-refractivity contribution in [1.29, 1.82) is 0 Å². The minimum absolute atomic E-state index is 0.0973. The second kappa shape index (κ2) is 9.26. The molecule has 11 heteroatoms. The number of amides is 1. The summed E-state index contributed by atoms with van der Waals surface area (Å²) < 4.78 is 2.61. The predicted octanol–water partition coefficient (Wildman–Crippen LogP) is 1.71. The highest BCUT2D eigenvalue weighted by molar-refractivity contribution is 7.15. The Labute approximate surface area is 213 Å². The van der Waals surface area contributed by atoms with Gasteiger partial charge in [-0.3, -0.25) is 23.7 Å². The molecule has 2 aromatic carbocycles. The van der Waals surface area contributed by atoms with Crippen LogP contribution in [0.2, 0.25) is 0 Å². The molecule has 0 unspecified atom stereocenters. The fraction of sp³-hybridized carbons (Fsp3) is 0.192. The minimum atomic E-state index is -0.559. The van der Waals surface area contributed by atoms with Gasteiger partial charge < -0.3 is 9.88 Å². The highest BCUT2D eigenvalue weighted by Gasteiger charge is 2.23. The molecule has 0 spiro atoms. The van der Waals surface area contributed by atoms with Gasteiger partial charge in [-0.2, -0.15) is 0 Å². The number of aromatic nitrogens is 4. The fourth-order valence-corrected chi connectivity index (χ4v) is 5.39. The van der Waals surface area contributed by atoms with Crippen LogP contribution in [0.25, 0.3) is 21.6 Å². The molecular formula is C26H22N6O4S. The summed E-state index contributed by atoms with van der Waals surface area (Å²) in [7, 11) is 0. The predicted molar refractivity (Wildman–Crippen MR) is 141 cm³/mol. The Morgan fingerprint density at radius 3 is 2.54 bits per heavy atom. The first-order valence-electron chi connectivity index (χ1n) is 11.8. The lowest BCUT2D eigenvalue weighted by molar-refractivity contribution is 0.0627. The molecule has 1 aliphatic rings. The molecule has 3 aromatic heterocycles. The van der Waals surface area contributed by atoms with E-state index in [1.807, 2.05) is 11.4 Å². The number of para-hydroxylation sites is 1. The third kappa shape index (κ3) is 4.28. The molecular weight excluding hydrogens is 492 g/mol. The standard InChI is InChI=1S/C26H22N6O4S/c33-22-15-18(27-26-31(22)12-13-37-26)16-29-8-10-30(11-9-29)23(34)17-6-7-20-21(14-17)28-25(36)32(24(20)35)19-4-2-1-3-5-19/h1-7,12-15H,8-11,16H2,(H,28,36). The van der Waals surface area contributed by atoms with Crippen LogP contribution in [0.5, 0.6) is 0 Å². The van der Waals surface area contributed by atoms with Crippen molar-refractivity contribution in [2.45, 2.75) is 6.54 Å². The highest BCUT2D eigenvalue weighted by Crippen LogP contribution is 2.15. The van der Waals surface area contributed by atoms with Crippen LogP contribution in [0.1, 0.15) is 16.1 Å². The lowest BCUT2D eigenvalue weighted by Crippen LogP contribution is -2.48. The summed E-state index contributed by atoms with van der Waals surface area (Å²) in [6.07, 6.45) is 1.71. The number of carbonyl (C=O) groups excluding carboxylic acids is 1. The summed E-state index contributed by atoms with van der Waals surface area (Å²) in [5.74, 6) is -0.161. The van der Waals surface area contributed by atoms with Crippen molar-refractivity contribution in [2.75, 3.05) is 26.2 Å². The summed E-state index contributed by atoms with van der Waals surface area (Å²) in [4.78, 5) is 63.0. The minimum Gasteiger partial charge on any atom is -0.336 e. The van der Waals surface area contributed by atoms with Gasteiger partial charge >= 0.3 is 5.69 Å². The van der Waals surface area contributed by atoms with Crippen molar-refractivity contribution < 1.29 is 4.79 Å². The van der Waals surface area contributed by atoms with Crippen molar-refractivity contribution in [3.63, 3.8) is 0 Å². The number of piperazine rings is 1. The van der Waals surface area contributed by atoms with Gasteiger partial charge in [-0.25, -0.2) is 14.3 Å². The van der Waals surface area contributed by atoms with Gasteiger partial charge in [0.25, 0.3) is 17.0 Å². The SMILES string of the molecule is O=C(c1ccc2c(=O)n(-c3ccccc3)c(=O)[nH]c2c1)N1CCN(Cc2cc(=O)n3ccsc3n2)CC1. The van der Waals surface area contributed by atoms with Crippen LogP contribution in [0.4, 0.5) is 0 Å². The number of H-pyrrole nitrogens is 1. The average Bonchev–Trinajstić information content (AvgIpc) is 3.38. The van der Waals surface area contributed by atoms with Gasteiger partial charge in [-0.05, 0) is 30.3 Å². The lowest BCUT2D eigenvalue weighted by atomic mass is 10.1. The molecule has 10 nitrogen and oxygen atoms in total. The Morgan fingerprint density at radius 1 is 0.973 bits per heavy atom. The van der Waals surface area contributed by atoms with Crippen LogP contribution < -0.4 is 16.8 Å². The van der Waals surface area contributed by atoms with E-state index in [4.69, 9.17) is 0 Å². The summed E-state index contributed by atoms with van der Waals surface area (Å²) in [5.41, 5.74) is 0.831. The molecule has 6 rings (SSSR count). The van der Waals surface area contributed by atoms with E-state index in [-0.39, 0.29) is 11.5 Å². The Morgan fingerprint density at radius 2 is 1.76 bits per heavy atom. The number of fused-ring (bicyclic) bond motifs is 2. The third-order valence-corrected chi connectivity index (χ3v) is 7.32. The number of rotatable bonds is 4. The van der Waals surface area contributed by atoms with E-state index in [0.717, 1.165) is 4.57 Å². The molecule has 0 aliphatic carbocycles. The van der Waals surface area contributed by atoms with Gasteiger partial charge in [0, 0.05) is 55.9 Å². The van der Waals surface area contributed by atoms with Gasteiger partial charge in [0.05, 0.1) is 22.3 Å². The Balaban J connectivity index is 1.18. The first kappa shape index (κ1) is 23.1. The number of hydrogen-bond acceptors (Lipinski definition) is 7. The van der Waals surface area contributed by atoms with Gasteiger partial charge in [0.15, 0.2) is 4.96 Å². The van der Waals surface area contributed by atoms with Crippen LogP contribution in [0.3, 0.4) is 0 Å². The van der Waals surface area contributed by atoms with Crippen LogP contribution in [-0.2, 0) is 6.54 Å². The van der Waals surface area contributed by atoms with E-state index in [1.54, 1.807) is 59.6 Å². The molecule has 1 amide bonds. The molecule has 37 heavy (non-hydrogen) atoms. The smallest absolute Gasteiger partial charge is 0.333 e. The van der Waals surface area contributed by atoms with E-state index < -0.39 is 11.2 Å². The monoisotopic (exact) mass is 514 g/mol. The Bertz CT molecular complexity index is 1810. The molecule has 186 valence electrons. The van der Waals surface area contributed by atoms with E-state index in [0.29, 0.717) is 65.5 Å². The first-order valence-corrected chi connectivity index (χ1v) is 12.7. The summed E-state index contributed by atoms with van der Waals surface area (Å²) in [6.45, 7) is 2.86. The second-order valence-corrected chi connectivity index (χ2v) is 9.75. The third-order valence-electron chi connectivity index (χ3n) is 6.56. The normalized spacial score (nSPS) is 14.4. The number of aromatic amines is 1. The number of thiazole rings is 1. The molecule has 0 bridgehead atoms. The van der Waals surface area contributed by atoms with Crippen molar-refractivity contribution >= 4 is 33.1 Å². The summed E-state index contributed by atoms with van der Waals surface area (Å²) >= 11 is 1.42. The molecule has 1 saturated heterocycles. The van der Waals surface area contributed by atoms with E-state index in [9.17, 15) is 19.2 Å². The van der Waals surface area contributed by atoms with Gasteiger partial charge in [-0.1, -0.05) is 18.2 Å². The number of nitrogens with one attached hydrogen (secondary N) is 1. The molecule has 0 atom stereocenters. The van der Waals surface area contributed by atoms with Gasteiger partial charge in [-0.15, -0.1) is 11.3 Å². The van der Waals surface area contributed by atoms with Crippen LogP contribution in [-0.4, -0.2) is 60.8 Å². The van der Waals surface area contributed by atoms with Crippen LogP contribution in [0, 0.1) is 0 Å². The lowest BCUT2D eigenvalue weighted by Gasteiger charge is -2.34. The summed E-state index contributed by atoms with van der Waals surface area (Å²) in [5, 5.41) is 2.16. The van der Waals surface area contributed by atoms with Crippen molar-refractivity contribution in [3.05, 3.63) is 109 Å². The number of hydrogen-bond donors (Lipinski definition) is 1. The maximum absolute atomic E-state index is 13.2. The zero-order chi connectivity index (χ0) is 25.5. The zero-order valence-electron chi connectivity index (χ0n) is 19.7. The molecule has 4 heterocycles. The number of benzene rings is 2. The number of nitrogens with zero attached hydrogens (tertiary/aromatic N) is 5. The largest absolute Gasteiger partial charge is 0.336 e. The molecule has 1 N–H and O–H groups in total. The van der Waals surface area contributed by atoms with Gasteiger partial charge in [0.2, 0.25) is 0 Å². The van der Waals surface area contributed by atoms with Crippen molar-refractivity contribution in [3.8, 4) is 5.69 Å². The summed E-state index contributed by atoms with van der Waals surface area (Å²) in [6, 6.07) is 15.0. The molecule has 5 aromatic rings. The molecule has 0 radical (unpaired) electrons. The van der Waals surface area contributed by atoms with Crippen LogP contribution in [0.15, 0.2) is 80.6 Å². The maximum Gasteiger partial charge on any atom is 0.333 e. The molecule has 1 aliphatic heterocycles. The maximum atomic E-state index is 13.2. The zero-order valence-corrected chi connectivity index (χ0v) is 20.5. The Kier molecular flexibility index (Phi) is 5.78. The number of carbonyl (C=O) groups is 1. The fourth-order valence-electron chi connectivity index (χ4n) is 4.65.